The van der Waals surface area contributed by atoms with Crippen molar-refractivity contribution in [2.75, 3.05) is 6.54 Å². The Morgan fingerprint density at radius 3 is 2.39 bits per heavy atom. The summed E-state index contributed by atoms with van der Waals surface area (Å²) in [7, 11) is 0. The van der Waals surface area contributed by atoms with E-state index in [0.717, 1.165) is 36.6 Å². The highest BCUT2D eigenvalue weighted by atomic mass is 15.3. The van der Waals surface area contributed by atoms with Gasteiger partial charge in [0.05, 0.1) is 0 Å². The molecule has 0 aromatic rings. The Bertz CT molecular complexity index is 264. The molecule has 0 aromatic heterocycles. The maximum Gasteiger partial charge on any atom is 0.0133 e. The fourth-order valence-corrected chi connectivity index (χ4v) is 4.69. The lowest BCUT2D eigenvalue weighted by Gasteiger charge is -2.49. The summed E-state index contributed by atoms with van der Waals surface area (Å²) in [5, 5.41) is 3.70. The van der Waals surface area contributed by atoms with Crippen molar-refractivity contribution in [2.24, 2.45) is 5.92 Å². The van der Waals surface area contributed by atoms with E-state index in [1.165, 1.54) is 51.4 Å². The van der Waals surface area contributed by atoms with Crippen LogP contribution in [0.5, 0.6) is 0 Å². The van der Waals surface area contributed by atoms with Crippen molar-refractivity contribution in [3.63, 3.8) is 0 Å². The summed E-state index contributed by atoms with van der Waals surface area (Å²) >= 11 is 0. The summed E-state index contributed by atoms with van der Waals surface area (Å²) < 4.78 is 0. The van der Waals surface area contributed by atoms with Gasteiger partial charge in [-0.3, -0.25) is 4.90 Å². The third-order valence-corrected chi connectivity index (χ3v) is 5.45. The molecule has 3 rings (SSSR count). The average molecular weight is 250 g/mol. The van der Waals surface area contributed by atoms with Crippen molar-refractivity contribution in [3.05, 3.63) is 0 Å². The summed E-state index contributed by atoms with van der Waals surface area (Å²) in [5.41, 5.74) is 0. The van der Waals surface area contributed by atoms with Gasteiger partial charge >= 0.3 is 0 Å². The number of rotatable bonds is 5. The molecule has 0 radical (unpaired) electrons. The van der Waals surface area contributed by atoms with Gasteiger partial charge in [-0.15, -0.1) is 0 Å². The molecule has 0 spiro atoms. The van der Waals surface area contributed by atoms with Crippen LogP contribution in [0.3, 0.4) is 0 Å². The molecule has 104 valence electrons. The second-order valence-corrected chi connectivity index (χ2v) is 6.76. The molecule has 2 nitrogen and oxygen atoms in total. The SMILES string of the molecule is CCCC1CC1N1C2CCCC1CC(NCC)C2. The van der Waals surface area contributed by atoms with Crippen LogP contribution in [0.4, 0.5) is 0 Å². The summed E-state index contributed by atoms with van der Waals surface area (Å²) in [4.78, 5) is 2.97. The highest BCUT2D eigenvalue weighted by Crippen LogP contribution is 2.47. The van der Waals surface area contributed by atoms with Crippen LogP contribution in [0.25, 0.3) is 0 Å². The number of fused-ring (bicyclic) bond motifs is 2. The molecule has 1 N–H and O–H groups in total. The average Bonchev–Trinajstić information content (AvgIpc) is 3.08. The predicted octanol–water partition coefficient (Wildman–Crippen LogP) is 3.17. The first-order chi connectivity index (χ1) is 8.83. The van der Waals surface area contributed by atoms with Crippen LogP contribution in [-0.2, 0) is 0 Å². The van der Waals surface area contributed by atoms with Crippen molar-refractivity contribution in [1.29, 1.82) is 0 Å². The van der Waals surface area contributed by atoms with Crippen molar-refractivity contribution in [1.82, 2.24) is 10.2 Å². The van der Waals surface area contributed by atoms with E-state index in [9.17, 15) is 0 Å². The Hall–Kier alpha value is -0.0800. The van der Waals surface area contributed by atoms with Crippen LogP contribution in [0.1, 0.15) is 65.2 Å². The van der Waals surface area contributed by atoms with Gasteiger partial charge in [0.1, 0.15) is 0 Å². The van der Waals surface area contributed by atoms with Gasteiger partial charge in [-0.1, -0.05) is 26.7 Å². The van der Waals surface area contributed by atoms with E-state index in [2.05, 4.69) is 24.1 Å². The van der Waals surface area contributed by atoms with Gasteiger partial charge < -0.3 is 5.32 Å². The zero-order valence-electron chi connectivity index (χ0n) is 12.2. The van der Waals surface area contributed by atoms with Crippen LogP contribution >= 0.6 is 0 Å². The van der Waals surface area contributed by atoms with Crippen LogP contribution in [0, 0.1) is 5.92 Å². The smallest absolute Gasteiger partial charge is 0.0133 e. The largest absolute Gasteiger partial charge is 0.314 e. The molecule has 1 saturated carbocycles. The molecule has 2 heteroatoms. The van der Waals surface area contributed by atoms with Gasteiger partial charge in [0.2, 0.25) is 0 Å². The van der Waals surface area contributed by atoms with E-state index >= 15 is 0 Å². The van der Waals surface area contributed by atoms with Gasteiger partial charge in [0.15, 0.2) is 0 Å². The molecule has 2 aliphatic heterocycles. The summed E-state index contributed by atoms with van der Waals surface area (Å²) in [6, 6.07) is 3.61. The van der Waals surface area contributed by atoms with E-state index in [1.54, 1.807) is 0 Å². The van der Waals surface area contributed by atoms with Gasteiger partial charge in [-0.2, -0.15) is 0 Å². The highest BCUT2D eigenvalue weighted by Gasteiger charge is 2.49. The summed E-state index contributed by atoms with van der Waals surface area (Å²) in [6.07, 6.45) is 11.6. The monoisotopic (exact) mass is 250 g/mol. The molecule has 2 bridgehead atoms. The van der Waals surface area contributed by atoms with Crippen LogP contribution in [0.2, 0.25) is 0 Å². The minimum Gasteiger partial charge on any atom is -0.314 e. The zero-order chi connectivity index (χ0) is 12.5. The van der Waals surface area contributed by atoms with Gasteiger partial charge in [-0.05, 0) is 51.0 Å². The van der Waals surface area contributed by atoms with Crippen LogP contribution in [0.15, 0.2) is 0 Å². The number of nitrogens with zero attached hydrogens (tertiary/aromatic N) is 1. The first-order valence-corrected chi connectivity index (χ1v) is 8.34. The van der Waals surface area contributed by atoms with E-state index in [1.807, 2.05) is 0 Å². The number of hydrogen-bond donors (Lipinski definition) is 1. The van der Waals surface area contributed by atoms with E-state index in [4.69, 9.17) is 0 Å². The molecule has 3 aliphatic rings. The van der Waals surface area contributed by atoms with E-state index in [0.29, 0.717) is 0 Å². The topological polar surface area (TPSA) is 15.3 Å². The Morgan fingerprint density at radius 1 is 1.06 bits per heavy atom. The Kier molecular flexibility index (Phi) is 3.95. The lowest BCUT2D eigenvalue weighted by atomic mass is 9.81. The molecule has 4 atom stereocenters. The predicted molar refractivity (Wildman–Crippen MR) is 76.8 cm³/mol. The first-order valence-electron chi connectivity index (χ1n) is 8.34. The lowest BCUT2D eigenvalue weighted by molar-refractivity contribution is 0.0133. The lowest BCUT2D eigenvalue weighted by Crippen LogP contribution is -2.57. The number of nitrogens with one attached hydrogen (secondary N) is 1. The number of hydrogen-bond acceptors (Lipinski definition) is 2. The maximum absolute atomic E-state index is 3.70. The minimum atomic E-state index is 0.810. The molecular weight excluding hydrogens is 220 g/mol. The highest BCUT2D eigenvalue weighted by molar-refractivity contribution is 5.04. The minimum absolute atomic E-state index is 0.810. The van der Waals surface area contributed by atoms with Crippen molar-refractivity contribution in [3.8, 4) is 0 Å². The van der Waals surface area contributed by atoms with Crippen LogP contribution < -0.4 is 5.32 Å². The molecule has 18 heavy (non-hydrogen) atoms. The molecule has 4 unspecified atom stereocenters. The molecule has 1 aliphatic carbocycles. The molecule has 2 saturated heterocycles. The summed E-state index contributed by atoms with van der Waals surface area (Å²) in [5.74, 6) is 1.05. The molecular formula is C16H30N2. The van der Waals surface area contributed by atoms with Crippen molar-refractivity contribution < 1.29 is 0 Å². The molecule has 2 heterocycles. The third-order valence-electron chi connectivity index (χ3n) is 5.45. The molecule has 3 fully saturated rings. The number of piperidine rings is 2. The van der Waals surface area contributed by atoms with Gasteiger partial charge in [-0.25, -0.2) is 0 Å². The van der Waals surface area contributed by atoms with Gasteiger partial charge in [0.25, 0.3) is 0 Å². The van der Waals surface area contributed by atoms with E-state index < -0.39 is 0 Å². The third kappa shape index (κ3) is 2.46. The normalized spacial score (nSPS) is 44.0. The Morgan fingerprint density at radius 2 is 1.78 bits per heavy atom. The second-order valence-electron chi connectivity index (χ2n) is 6.76. The van der Waals surface area contributed by atoms with Crippen molar-refractivity contribution >= 4 is 0 Å². The van der Waals surface area contributed by atoms with Crippen molar-refractivity contribution in [2.45, 2.75) is 89.4 Å². The Labute approximate surface area is 113 Å². The quantitative estimate of drug-likeness (QED) is 0.806. The fourth-order valence-electron chi connectivity index (χ4n) is 4.69. The van der Waals surface area contributed by atoms with Crippen LogP contribution in [-0.4, -0.2) is 35.6 Å². The summed E-state index contributed by atoms with van der Waals surface area (Å²) in [6.45, 7) is 5.74. The first kappa shape index (κ1) is 12.9. The van der Waals surface area contributed by atoms with Gasteiger partial charge in [0, 0.05) is 24.2 Å². The maximum atomic E-state index is 3.70. The molecule has 0 amide bonds. The standard InChI is InChI=1S/C16H30N2/c1-3-6-12-9-16(12)18-14-7-5-8-15(18)11-13(10-14)17-4-2/h12-17H,3-11H2,1-2H3. The second kappa shape index (κ2) is 5.50. The molecule has 0 aromatic carbocycles. The Balaban J connectivity index is 1.62. The zero-order valence-corrected chi connectivity index (χ0v) is 12.2. The fraction of sp³-hybridized carbons (Fsp3) is 1.00. The van der Waals surface area contributed by atoms with E-state index in [-0.39, 0.29) is 0 Å².